The monoisotopic (exact) mass is 330 g/mol. The third-order valence-corrected chi connectivity index (χ3v) is 5.82. The molecule has 132 valence electrons. The zero-order valence-electron chi connectivity index (χ0n) is 14.9. The molecule has 0 aromatic heterocycles. The Labute approximate surface area is 145 Å². The standard InChI is InChI=1S/C20H30N2O2/c1-3-24-18-14-17(20(18)12-8-5-9-13-20)21-15(2)19(23)22-16-10-6-4-7-11-16/h4,6-7,10-11,15,17-18,21H,3,5,8-9,12-14H2,1-2H3,(H,22,23)/t15-,17-,18+/m0/s1. The van der Waals surface area contributed by atoms with Crippen LogP contribution in [0.1, 0.15) is 52.4 Å². The van der Waals surface area contributed by atoms with E-state index in [-0.39, 0.29) is 17.4 Å². The number of hydrogen-bond acceptors (Lipinski definition) is 3. The van der Waals surface area contributed by atoms with E-state index in [1.807, 2.05) is 37.3 Å². The van der Waals surface area contributed by atoms with Crippen LogP contribution in [0.4, 0.5) is 5.69 Å². The molecular formula is C20H30N2O2. The first-order chi connectivity index (χ1) is 11.7. The van der Waals surface area contributed by atoms with E-state index in [2.05, 4.69) is 17.6 Å². The van der Waals surface area contributed by atoms with Crippen LogP contribution in [0.25, 0.3) is 0 Å². The third-order valence-electron chi connectivity index (χ3n) is 5.82. The number of carbonyl (C=O) groups is 1. The van der Waals surface area contributed by atoms with Gasteiger partial charge in [0.25, 0.3) is 0 Å². The number of ether oxygens (including phenoxy) is 1. The number of carbonyl (C=O) groups excluding carboxylic acids is 1. The van der Waals surface area contributed by atoms with E-state index in [4.69, 9.17) is 4.74 Å². The lowest BCUT2D eigenvalue weighted by molar-refractivity contribution is -0.153. The van der Waals surface area contributed by atoms with Gasteiger partial charge in [0.05, 0.1) is 12.1 Å². The summed E-state index contributed by atoms with van der Waals surface area (Å²) in [5.74, 6) is 0.0343. The van der Waals surface area contributed by atoms with Crippen LogP contribution >= 0.6 is 0 Å². The fourth-order valence-electron chi connectivity index (χ4n) is 4.45. The number of anilines is 1. The Morgan fingerprint density at radius 1 is 1.25 bits per heavy atom. The van der Waals surface area contributed by atoms with Crippen molar-refractivity contribution in [2.24, 2.45) is 5.41 Å². The van der Waals surface area contributed by atoms with Crippen molar-refractivity contribution in [3.63, 3.8) is 0 Å². The number of rotatable bonds is 6. The topological polar surface area (TPSA) is 50.4 Å². The molecule has 4 nitrogen and oxygen atoms in total. The summed E-state index contributed by atoms with van der Waals surface area (Å²) in [6, 6.07) is 9.85. The molecule has 1 aromatic rings. The minimum Gasteiger partial charge on any atom is -0.378 e. The Bertz CT molecular complexity index is 540. The normalized spacial score (nSPS) is 26.6. The lowest BCUT2D eigenvalue weighted by Gasteiger charge is -2.58. The molecule has 0 aliphatic heterocycles. The minimum absolute atomic E-state index is 0.0343. The molecule has 0 unspecified atom stereocenters. The van der Waals surface area contributed by atoms with Crippen LogP contribution in [-0.2, 0) is 9.53 Å². The van der Waals surface area contributed by atoms with Crippen molar-refractivity contribution >= 4 is 11.6 Å². The molecule has 1 amide bonds. The van der Waals surface area contributed by atoms with E-state index in [9.17, 15) is 4.79 Å². The van der Waals surface area contributed by atoms with Gasteiger partial charge in [-0.15, -0.1) is 0 Å². The quantitative estimate of drug-likeness (QED) is 0.835. The smallest absolute Gasteiger partial charge is 0.241 e. The Balaban J connectivity index is 1.59. The van der Waals surface area contributed by atoms with Gasteiger partial charge in [-0.3, -0.25) is 4.79 Å². The Morgan fingerprint density at radius 3 is 2.62 bits per heavy atom. The average Bonchev–Trinajstić information content (AvgIpc) is 2.62. The Morgan fingerprint density at radius 2 is 1.96 bits per heavy atom. The first-order valence-electron chi connectivity index (χ1n) is 9.39. The lowest BCUT2D eigenvalue weighted by Crippen LogP contribution is -2.66. The Kier molecular flexibility index (Phi) is 5.57. The van der Waals surface area contributed by atoms with Crippen LogP contribution in [0, 0.1) is 5.41 Å². The molecule has 0 radical (unpaired) electrons. The van der Waals surface area contributed by atoms with Crippen molar-refractivity contribution in [2.75, 3.05) is 11.9 Å². The van der Waals surface area contributed by atoms with Crippen molar-refractivity contribution in [3.05, 3.63) is 30.3 Å². The molecule has 24 heavy (non-hydrogen) atoms. The predicted molar refractivity (Wildman–Crippen MR) is 97.0 cm³/mol. The predicted octanol–water partition coefficient (Wildman–Crippen LogP) is 3.73. The van der Waals surface area contributed by atoms with Crippen molar-refractivity contribution in [1.82, 2.24) is 5.32 Å². The summed E-state index contributed by atoms with van der Waals surface area (Å²) in [4.78, 5) is 12.5. The largest absolute Gasteiger partial charge is 0.378 e. The first kappa shape index (κ1) is 17.4. The highest BCUT2D eigenvalue weighted by atomic mass is 16.5. The summed E-state index contributed by atoms with van der Waals surface area (Å²) >= 11 is 0. The second kappa shape index (κ2) is 7.66. The van der Waals surface area contributed by atoms with E-state index in [1.54, 1.807) is 0 Å². The molecule has 3 atom stereocenters. The maximum atomic E-state index is 12.5. The van der Waals surface area contributed by atoms with Gasteiger partial charge in [0.1, 0.15) is 0 Å². The van der Waals surface area contributed by atoms with Gasteiger partial charge >= 0.3 is 0 Å². The number of nitrogens with one attached hydrogen (secondary N) is 2. The second-order valence-corrected chi connectivity index (χ2v) is 7.27. The summed E-state index contributed by atoms with van der Waals surface area (Å²) in [5, 5.41) is 6.58. The van der Waals surface area contributed by atoms with E-state index in [0.29, 0.717) is 12.1 Å². The van der Waals surface area contributed by atoms with Crippen molar-refractivity contribution in [2.45, 2.75) is 70.6 Å². The van der Waals surface area contributed by atoms with E-state index < -0.39 is 0 Å². The van der Waals surface area contributed by atoms with E-state index >= 15 is 0 Å². The molecule has 0 bridgehead atoms. The number of benzene rings is 1. The number of para-hydroxylation sites is 1. The molecule has 0 heterocycles. The van der Waals surface area contributed by atoms with Gasteiger partial charge in [0.2, 0.25) is 5.91 Å². The van der Waals surface area contributed by atoms with Crippen molar-refractivity contribution in [3.8, 4) is 0 Å². The molecule has 0 saturated heterocycles. The van der Waals surface area contributed by atoms with E-state index in [0.717, 1.165) is 18.7 Å². The Hall–Kier alpha value is -1.39. The number of hydrogen-bond donors (Lipinski definition) is 2. The van der Waals surface area contributed by atoms with Crippen LogP contribution in [0.2, 0.25) is 0 Å². The van der Waals surface area contributed by atoms with Gasteiger partial charge in [0.15, 0.2) is 0 Å². The van der Waals surface area contributed by atoms with Gasteiger partial charge in [0, 0.05) is 23.8 Å². The molecule has 1 spiro atoms. The SMILES string of the molecule is CCO[C@@H]1C[C@H](N[C@@H](C)C(=O)Nc2ccccc2)C12CCCCC2. The van der Waals surface area contributed by atoms with Crippen molar-refractivity contribution in [1.29, 1.82) is 0 Å². The van der Waals surface area contributed by atoms with Crippen LogP contribution < -0.4 is 10.6 Å². The van der Waals surface area contributed by atoms with Crippen LogP contribution in [0.5, 0.6) is 0 Å². The number of amides is 1. The van der Waals surface area contributed by atoms with Crippen molar-refractivity contribution < 1.29 is 9.53 Å². The summed E-state index contributed by atoms with van der Waals surface area (Å²) in [6.07, 6.45) is 7.74. The highest BCUT2D eigenvalue weighted by Gasteiger charge is 2.55. The first-order valence-corrected chi connectivity index (χ1v) is 9.39. The van der Waals surface area contributed by atoms with E-state index in [1.165, 1.54) is 32.1 Å². The zero-order chi connectivity index (χ0) is 17.0. The van der Waals surface area contributed by atoms with Crippen LogP contribution in [-0.4, -0.2) is 30.7 Å². The molecule has 2 N–H and O–H groups in total. The second-order valence-electron chi connectivity index (χ2n) is 7.27. The highest BCUT2D eigenvalue weighted by molar-refractivity contribution is 5.94. The summed E-state index contributed by atoms with van der Waals surface area (Å²) in [6.45, 7) is 4.82. The molecular weight excluding hydrogens is 300 g/mol. The third kappa shape index (κ3) is 3.50. The average molecular weight is 330 g/mol. The molecule has 1 aromatic carbocycles. The molecule has 3 rings (SSSR count). The fraction of sp³-hybridized carbons (Fsp3) is 0.650. The lowest BCUT2D eigenvalue weighted by atomic mass is 9.55. The molecule has 4 heteroatoms. The maximum Gasteiger partial charge on any atom is 0.241 e. The maximum absolute atomic E-state index is 12.5. The minimum atomic E-state index is -0.198. The van der Waals surface area contributed by atoms with Crippen LogP contribution in [0.3, 0.4) is 0 Å². The summed E-state index contributed by atoms with van der Waals surface area (Å²) < 4.78 is 6.00. The van der Waals surface area contributed by atoms with Gasteiger partial charge in [-0.25, -0.2) is 0 Å². The highest BCUT2D eigenvalue weighted by Crippen LogP contribution is 2.53. The van der Waals surface area contributed by atoms with Gasteiger partial charge in [-0.05, 0) is 45.2 Å². The molecule has 2 saturated carbocycles. The summed E-state index contributed by atoms with van der Waals surface area (Å²) in [5.41, 5.74) is 1.10. The van der Waals surface area contributed by atoms with Gasteiger partial charge in [-0.1, -0.05) is 37.5 Å². The van der Waals surface area contributed by atoms with Gasteiger partial charge < -0.3 is 15.4 Å². The van der Waals surface area contributed by atoms with Crippen LogP contribution in [0.15, 0.2) is 30.3 Å². The molecule has 2 fully saturated rings. The molecule has 2 aliphatic rings. The fourth-order valence-corrected chi connectivity index (χ4v) is 4.45. The summed E-state index contributed by atoms with van der Waals surface area (Å²) in [7, 11) is 0. The zero-order valence-corrected chi connectivity index (χ0v) is 14.9. The molecule has 2 aliphatic carbocycles. The van der Waals surface area contributed by atoms with Gasteiger partial charge in [-0.2, -0.15) is 0 Å².